The first kappa shape index (κ1) is 28.0. The van der Waals surface area contributed by atoms with Gasteiger partial charge in [-0.1, -0.05) is 6.92 Å². The minimum absolute atomic E-state index is 0.0889. The summed E-state index contributed by atoms with van der Waals surface area (Å²) in [6.45, 7) is 4.55. The second-order valence-electron chi connectivity index (χ2n) is 11.1. The number of pyridine rings is 1. The molecule has 3 aromatic heterocycles. The summed E-state index contributed by atoms with van der Waals surface area (Å²) in [4.78, 5) is 20.4. The maximum atomic E-state index is 15.2. The minimum Gasteiger partial charge on any atom is -0.488 e. The number of halogens is 2. The van der Waals surface area contributed by atoms with E-state index in [-0.39, 0.29) is 52.9 Å². The minimum atomic E-state index is -0.778. The van der Waals surface area contributed by atoms with Gasteiger partial charge in [-0.25, -0.2) is 13.8 Å². The Bertz CT molecular complexity index is 1570. The Morgan fingerprint density at radius 1 is 1.17 bits per heavy atom. The smallest absolute Gasteiger partial charge is 0.229 e. The second-order valence-corrected chi connectivity index (χ2v) is 11.1. The van der Waals surface area contributed by atoms with Crippen molar-refractivity contribution in [2.75, 3.05) is 18.5 Å². The topological polar surface area (TPSA) is 129 Å². The number of nitrogens with two attached hydrogens (primary N) is 1. The summed E-state index contributed by atoms with van der Waals surface area (Å²) in [5.41, 5.74) is 8.74. The van der Waals surface area contributed by atoms with Crippen LogP contribution < -0.4 is 21.1 Å². The van der Waals surface area contributed by atoms with E-state index in [0.29, 0.717) is 37.5 Å². The van der Waals surface area contributed by atoms with Crippen LogP contribution in [-0.2, 0) is 9.53 Å². The molecule has 6 rings (SSSR count). The van der Waals surface area contributed by atoms with Crippen LogP contribution in [0.3, 0.4) is 0 Å². The maximum Gasteiger partial charge on any atom is 0.229 e. The summed E-state index contributed by atoms with van der Waals surface area (Å²) in [7, 11) is 0. The molecule has 220 valence electrons. The highest BCUT2D eigenvalue weighted by Crippen LogP contribution is 2.39. The summed E-state index contributed by atoms with van der Waals surface area (Å²) in [5.74, 6) is -0.867. The lowest BCUT2D eigenvalue weighted by atomic mass is 9.73. The van der Waals surface area contributed by atoms with Crippen molar-refractivity contribution in [1.82, 2.24) is 24.9 Å². The highest BCUT2D eigenvalue weighted by Gasteiger charge is 2.35. The predicted molar refractivity (Wildman–Crippen MR) is 152 cm³/mol. The lowest BCUT2D eigenvalue weighted by molar-refractivity contribution is -0.120. The van der Waals surface area contributed by atoms with E-state index in [4.69, 9.17) is 15.2 Å². The third-order valence-corrected chi connectivity index (χ3v) is 8.04. The summed E-state index contributed by atoms with van der Waals surface area (Å²) in [6.07, 6.45) is 7.02. The highest BCUT2D eigenvalue weighted by atomic mass is 19.1. The zero-order valence-corrected chi connectivity index (χ0v) is 23.4. The molecule has 1 amide bonds. The van der Waals surface area contributed by atoms with Crippen LogP contribution in [0.1, 0.15) is 44.6 Å². The van der Waals surface area contributed by atoms with Crippen LogP contribution in [0, 0.1) is 17.6 Å². The van der Waals surface area contributed by atoms with E-state index in [1.165, 1.54) is 23.6 Å². The number of nitrogens with one attached hydrogen (secondary N) is 2. The molecule has 1 saturated carbocycles. The molecule has 2 fully saturated rings. The van der Waals surface area contributed by atoms with Crippen LogP contribution in [0.25, 0.3) is 16.8 Å². The van der Waals surface area contributed by atoms with E-state index in [2.05, 4.69) is 32.6 Å². The summed E-state index contributed by atoms with van der Waals surface area (Å²) in [6, 6.07) is 7.26. The normalized spacial score (nSPS) is 24.1. The van der Waals surface area contributed by atoms with E-state index in [1.807, 2.05) is 6.07 Å². The Hall–Kier alpha value is -4.16. The van der Waals surface area contributed by atoms with Gasteiger partial charge in [0.2, 0.25) is 11.9 Å². The Kier molecular flexibility index (Phi) is 7.74. The number of carbonyl (C=O) groups excluding carboxylic acids is 1. The van der Waals surface area contributed by atoms with E-state index < -0.39 is 11.6 Å². The molecule has 2 aliphatic rings. The lowest BCUT2D eigenvalue weighted by Crippen LogP contribution is -2.54. The van der Waals surface area contributed by atoms with Gasteiger partial charge >= 0.3 is 0 Å². The zero-order valence-electron chi connectivity index (χ0n) is 23.4. The molecule has 0 radical (unpaired) electrons. The second kappa shape index (κ2) is 11.6. The summed E-state index contributed by atoms with van der Waals surface area (Å²) >= 11 is 0. The number of amides is 1. The molecule has 1 aromatic carbocycles. The fraction of sp³-hybridized carbons (Fsp3) is 0.400. The first-order valence-electron chi connectivity index (χ1n) is 14.1. The number of aromatic nitrogens is 4. The van der Waals surface area contributed by atoms with Crippen molar-refractivity contribution in [3.63, 3.8) is 0 Å². The molecule has 1 saturated heterocycles. The quantitative estimate of drug-likeness (QED) is 0.296. The van der Waals surface area contributed by atoms with Crippen LogP contribution in [0.5, 0.6) is 5.75 Å². The van der Waals surface area contributed by atoms with Crippen molar-refractivity contribution in [1.29, 1.82) is 0 Å². The standard InChI is InChI=1S/C30H33F2N7O3/c1-16-9-18(10-25(33)29(16)36-17(2)40)22-5-7-34-14-27(22)37-30-35-13-19-3-4-26(38-39(19)30)28-23(31)11-21(12-24(28)32)42-20-6-8-41-15-20/h3-5,7,11-14,16,18,20,25,29H,6,8-10,15,33H2,1-2H3,(H,35,37)(H,36,40)/t16-,18+,20?,25+,29-/m0/s1. The molecular weight excluding hydrogens is 544 g/mol. The third kappa shape index (κ3) is 5.64. The van der Waals surface area contributed by atoms with Gasteiger partial charge in [0.15, 0.2) is 0 Å². The first-order valence-corrected chi connectivity index (χ1v) is 14.1. The number of imidazole rings is 1. The SMILES string of the molecule is CC(=O)N[C@@H]1[C@H](N)C[C@H](c2ccncc2Nc2ncc3ccc(-c4c(F)cc(OC5CCOC5)cc4F)nn23)C[C@@H]1C. The molecule has 1 unspecified atom stereocenters. The van der Waals surface area contributed by atoms with Crippen molar-refractivity contribution < 1.29 is 23.0 Å². The van der Waals surface area contributed by atoms with Crippen LogP contribution in [0.2, 0.25) is 0 Å². The summed E-state index contributed by atoms with van der Waals surface area (Å²) in [5, 5.41) is 10.8. The Morgan fingerprint density at radius 2 is 1.98 bits per heavy atom. The first-order chi connectivity index (χ1) is 20.3. The Morgan fingerprint density at radius 3 is 2.69 bits per heavy atom. The molecule has 1 aliphatic carbocycles. The molecule has 4 N–H and O–H groups in total. The monoisotopic (exact) mass is 577 g/mol. The van der Waals surface area contributed by atoms with Crippen LogP contribution in [0.4, 0.5) is 20.4 Å². The number of rotatable bonds is 7. The summed E-state index contributed by atoms with van der Waals surface area (Å²) < 4.78 is 42.8. The van der Waals surface area contributed by atoms with E-state index in [1.54, 1.807) is 30.7 Å². The van der Waals surface area contributed by atoms with Crippen molar-refractivity contribution in [2.45, 2.75) is 57.2 Å². The third-order valence-electron chi connectivity index (χ3n) is 8.04. The Labute approximate surface area is 241 Å². The largest absolute Gasteiger partial charge is 0.488 e. The number of ether oxygens (including phenoxy) is 2. The molecular formula is C30H33F2N7O3. The van der Waals surface area contributed by atoms with Crippen molar-refractivity contribution >= 4 is 23.1 Å². The number of carbonyl (C=O) groups is 1. The van der Waals surface area contributed by atoms with Crippen LogP contribution in [0.15, 0.2) is 48.9 Å². The molecule has 12 heteroatoms. The molecule has 1 aliphatic heterocycles. The van der Waals surface area contributed by atoms with Crippen molar-refractivity contribution in [3.8, 4) is 17.0 Å². The zero-order chi connectivity index (χ0) is 29.4. The molecule has 5 atom stereocenters. The van der Waals surface area contributed by atoms with Gasteiger partial charge in [-0.05, 0) is 48.4 Å². The van der Waals surface area contributed by atoms with Gasteiger partial charge in [0, 0.05) is 43.8 Å². The molecule has 0 spiro atoms. The van der Waals surface area contributed by atoms with Gasteiger partial charge < -0.3 is 25.8 Å². The van der Waals surface area contributed by atoms with Gasteiger partial charge in [0.25, 0.3) is 0 Å². The molecule has 42 heavy (non-hydrogen) atoms. The highest BCUT2D eigenvalue weighted by molar-refractivity contribution is 5.73. The number of benzene rings is 1. The number of nitrogens with zero attached hydrogens (tertiary/aromatic N) is 4. The van der Waals surface area contributed by atoms with Gasteiger partial charge in [-0.15, -0.1) is 0 Å². The average Bonchev–Trinajstić information content (AvgIpc) is 3.60. The lowest BCUT2D eigenvalue weighted by Gasteiger charge is -2.39. The fourth-order valence-corrected chi connectivity index (χ4v) is 6.08. The van der Waals surface area contributed by atoms with Gasteiger partial charge in [-0.2, -0.15) is 9.61 Å². The van der Waals surface area contributed by atoms with Gasteiger partial charge in [0.1, 0.15) is 23.5 Å². The van der Waals surface area contributed by atoms with E-state index in [0.717, 1.165) is 17.7 Å². The number of fused-ring (bicyclic) bond motifs is 1. The fourth-order valence-electron chi connectivity index (χ4n) is 6.08. The van der Waals surface area contributed by atoms with Crippen molar-refractivity contribution in [2.24, 2.45) is 11.7 Å². The molecule has 4 aromatic rings. The molecule has 10 nitrogen and oxygen atoms in total. The van der Waals surface area contributed by atoms with Crippen LogP contribution >= 0.6 is 0 Å². The van der Waals surface area contributed by atoms with Gasteiger partial charge in [0.05, 0.1) is 48.1 Å². The molecule has 4 heterocycles. The van der Waals surface area contributed by atoms with E-state index in [9.17, 15) is 4.79 Å². The molecule has 0 bridgehead atoms. The number of hydrogen-bond acceptors (Lipinski definition) is 8. The Balaban J connectivity index is 1.27. The van der Waals surface area contributed by atoms with Crippen LogP contribution in [-0.4, -0.2) is 56.9 Å². The number of anilines is 2. The van der Waals surface area contributed by atoms with E-state index >= 15 is 8.78 Å². The van der Waals surface area contributed by atoms with Crippen molar-refractivity contribution in [3.05, 3.63) is 66.1 Å². The predicted octanol–water partition coefficient (Wildman–Crippen LogP) is 4.33. The maximum absolute atomic E-state index is 15.2. The number of hydrogen-bond donors (Lipinski definition) is 3. The van der Waals surface area contributed by atoms with Gasteiger partial charge in [-0.3, -0.25) is 9.78 Å². The average molecular weight is 578 g/mol.